The molecule has 1 atom stereocenters. The maximum atomic E-state index is 5.49. The lowest BCUT2D eigenvalue weighted by atomic mass is 10.1. The van der Waals surface area contributed by atoms with Gasteiger partial charge in [-0.25, -0.2) is 0 Å². The fourth-order valence-electron chi connectivity index (χ4n) is 3.22. The summed E-state index contributed by atoms with van der Waals surface area (Å²) in [5.41, 5.74) is 1.22. The molecule has 0 N–H and O–H groups in total. The maximum absolute atomic E-state index is 5.49. The van der Waals surface area contributed by atoms with E-state index in [0.29, 0.717) is 6.04 Å². The van der Waals surface area contributed by atoms with Gasteiger partial charge in [0.15, 0.2) is 5.82 Å². The minimum Gasteiger partial charge on any atom is -0.338 e. The molecule has 0 radical (unpaired) electrons. The fraction of sp³-hybridized carbons (Fsp3) is 0.556. The highest BCUT2D eigenvalue weighted by atomic mass is 16.5. The van der Waals surface area contributed by atoms with Gasteiger partial charge in [-0.1, -0.05) is 35.5 Å². The molecule has 2 aromatic rings. The molecule has 0 unspecified atom stereocenters. The smallest absolute Gasteiger partial charge is 0.240 e. The summed E-state index contributed by atoms with van der Waals surface area (Å²) in [5, 5.41) is 4.15. The zero-order valence-electron chi connectivity index (χ0n) is 13.1. The number of rotatable bonds is 7. The quantitative estimate of drug-likeness (QED) is 0.785. The van der Waals surface area contributed by atoms with Crippen molar-refractivity contribution in [3.8, 4) is 0 Å². The molecule has 0 bridgehead atoms. The number of nitrogens with zero attached hydrogens (tertiary/aromatic N) is 3. The lowest BCUT2D eigenvalue weighted by Crippen LogP contribution is -2.36. The van der Waals surface area contributed by atoms with Gasteiger partial charge >= 0.3 is 0 Å². The Bertz CT molecular complexity index is 616. The van der Waals surface area contributed by atoms with E-state index < -0.39 is 0 Å². The van der Waals surface area contributed by atoms with Gasteiger partial charge in [-0.15, -0.1) is 0 Å². The van der Waals surface area contributed by atoms with Gasteiger partial charge in [-0.3, -0.25) is 4.90 Å². The lowest BCUT2D eigenvalue weighted by molar-refractivity contribution is 0.149. The largest absolute Gasteiger partial charge is 0.338 e. The molecule has 2 aliphatic rings. The number of hydrogen-bond acceptors (Lipinski definition) is 4. The van der Waals surface area contributed by atoms with Crippen LogP contribution in [-0.4, -0.2) is 27.1 Å². The fourth-order valence-corrected chi connectivity index (χ4v) is 3.22. The Hall–Kier alpha value is -1.68. The topological polar surface area (TPSA) is 42.2 Å². The van der Waals surface area contributed by atoms with Gasteiger partial charge in [0.1, 0.15) is 0 Å². The minimum atomic E-state index is 0.650. The minimum absolute atomic E-state index is 0.650. The van der Waals surface area contributed by atoms with Gasteiger partial charge in [-0.2, -0.15) is 4.98 Å². The Morgan fingerprint density at radius 3 is 2.64 bits per heavy atom. The summed E-state index contributed by atoms with van der Waals surface area (Å²) >= 11 is 0. The van der Waals surface area contributed by atoms with Gasteiger partial charge in [-0.05, 0) is 44.1 Å². The van der Waals surface area contributed by atoms with Crippen molar-refractivity contribution >= 4 is 0 Å². The predicted octanol–water partition coefficient (Wildman–Crippen LogP) is 3.42. The molecule has 4 heteroatoms. The molecule has 0 spiro atoms. The van der Waals surface area contributed by atoms with Crippen molar-refractivity contribution in [1.29, 1.82) is 0 Å². The Morgan fingerprint density at radius 2 is 1.95 bits per heavy atom. The average Bonchev–Trinajstić information content (AvgIpc) is 3.44. The van der Waals surface area contributed by atoms with Gasteiger partial charge in [0.05, 0.1) is 6.54 Å². The Kier molecular flexibility index (Phi) is 3.70. The van der Waals surface area contributed by atoms with Crippen LogP contribution in [0, 0.1) is 5.92 Å². The molecule has 2 aliphatic carbocycles. The molecular formula is C18H23N3O. The summed E-state index contributed by atoms with van der Waals surface area (Å²) in [7, 11) is 0. The first-order valence-corrected chi connectivity index (χ1v) is 8.41. The molecule has 4 rings (SSSR count). The first-order valence-electron chi connectivity index (χ1n) is 8.41. The van der Waals surface area contributed by atoms with Crippen molar-refractivity contribution in [3.63, 3.8) is 0 Å². The molecule has 116 valence electrons. The van der Waals surface area contributed by atoms with Crippen LogP contribution in [0.15, 0.2) is 34.9 Å². The summed E-state index contributed by atoms with van der Waals surface area (Å²) in [6.07, 6.45) is 6.15. The van der Waals surface area contributed by atoms with Crippen LogP contribution >= 0.6 is 0 Å². The average molecular weight is 297 g/mol. The van der Waals surface area contributed by atoms with E-state index in [-0.39, 0.29) is 0 Å². The Balaban J connectivity index is 1.42. The van der Waals surface area contributed by atoms with Gasteiger partial charge in [0, 0.05) is 18.5 Å². The molecule has 0 amide bonds. The van der Waals surface area contributed by atoms with E-state index in [1.54, 1.807) is 0 Å². The van der Waals surface area contributed by atoms with Gasteiger partial charge < -0.3 is 4.52 Å². The standard InChI is InChI=1S/C18H23N3O/c1-13(15-7-8-15)21(16-9-10-16)12-18-19-17(20-22-18)11-14-5-3-2-4-6-14/h2-6,13,15-16H,7-12H2,1H3/t13-/m1/s1. The SMILES string of the molecule is C[C@H](C1CC1)N(Cc1nc(Cc2ccccc2)no1)C1CC1. The van der Waals surface area contributed by atoms with E-state index in [0.717, 1.165) is 36.6 Å². The maximum Gasteiger partial charge on any atom is 0.240 e. The van der Waals surface area contributed by atoms with Crippen LogP contribution in [0.3, 0.4) is 0 Å². The summed E-state index contributed by atoms with van der Waals surface area (Å²) in [6, 6.07) is 11.7. The molecule has 0 saturated heterocycles. The normalized spacial score (nSPS) is 19.5. The lowest BCUT2D eigenvalue weighted by Gasteiger charge is -2.27. The van der Waals surface area contributed by atoms with Crippen molar-refractivity contribution in [3.05, 3.63) is 47.6 Å². The third-order valence-electron chi connectivity index (χ3n) is 4.88. The van der Waals surface area contributed by atoms with Crippen molar-refractivity contribution in [2.45, 2.75) is 57.7 Å². The van der Waals surface area contributed by atoms with Crippen LogP contribution in [0.5, 0.6) is 0 Å². The number of hydrogen-bond donors (Lipinski definition) is 0. The second kappa shape index (κ2) is 5.84. The van der Waals surface area contributed by atoms with Crippen molar-refractivity contribution < 1.29 is 4.52 Å². The second-order valence-corrected chi connectivity index (χ2v) is 6.75. The van der Waals surface area contributed by atoms with Crippen LogP contribution in [-0.2, 0) is 13.0 Å². The van der Waals surface area contributed by atoms with Gasteiger partial charge in [0.2, 0.25) is 5.89 Å². The number of aromatic nitrogens is 2. The van der Waals surface area contributed by atoms with E-state index >= 15 is 0 Å². The highest BCUT2D eigenvalue weighted by molar-refractivity contribution is 5.18. The zero-order valence-corrected chi connectivity index (χ0v) is 13.1. The molecule has 2 saturated carbocycles. The highest BCUT2D eigenvalue weighted by Gasteiger charge is 2.39. The predicted molar refractivity (Wildman–Crippen MR) is 84.3 cm³/mol. The van der Waals surface area contributed by atoms with Crippen LogP contribution in [0.25, 0.3) is 0 Å². The molecule has 2 fully saturated rings. The zero-order chi connectivity index (χ0) is 14.9. The van der Waals surface area contributed by atoms with E-state index in [9.17, 15) is 0 Å². The molecule has 1 aromatic carbocycles. The second-order valence-electron chi connectivity index (χ2n) is 6.75. The molecule has 1 aromatic heterocycles. The van der Waals surface area contributed by atoms with E-state index in [1.165, 1.54) is 31.2 Å². The number of benzene rings is 1. The first kappa shape index (κ1) is 13.9. The van der Waals surface area contributed by atoms with Crippen LogP contribution < -0.4 is 0 Å². The Labute approximate surface area is 131 Å². The first-order chi connectivity index (χ1) is 10.8. The van der Waals surface area contributed by atoms with E-state index in [4.69, 9.17) is 4.52 Å². The summed E-state index contributed by atoms with van der Waals surface area (Å²) in [4.78, 5) is 7.18. The van der Waals surface area contributed by atoms with Crippen LogP contribution in [0.4, 0.5) is 0 Å². The Morgan fingerprint density at radius 1 is 1.18 bits per heavy atom. The van der Waals surface area contributed by atoms with Crippen LogP contribution in [0.1, 0.15) is 49.9 Å². The summed E-state index contributed by atoms with van der Waals surface area (Å²) in [5.74, 6) is 2.44. The molecule has 22 heavy (non-hydrogen) atoms. The van der Waals surface area contributed by atoms with Crippen molar-refractivity contribution in [1.82, 2.24) is 15.0 Å². The molecule has 4 nitrogen and oxygen atoms in total. The highest BCUT2D eigenvalue weighted by Crippen LogP contribution is 2.40. The third-order valence-corrected chi connectivity index (χ3v) is 4.88. The van der Waals surface area contributed by atoms with Crippen molar-refractivity contribution in [2.24, 2.45) is 5.92 Å². The van der Waals surface area contributed by atoms with E-state index in [2.05, 4.69) is 34.1 Å². The van der Waals surface area contributed by atoms with Gasteiger partial charge in [0.25, 0.3) is 0 Å². The molecule has 0 aliphatic heterocycles. The monoisotopic (exact) mass is 297 g/mol. The third kappa shape index (κ3) is 3.22. The summed E-state index contributed by atoms with van der Waals surface area (Å²) in [6.45, 7) is 3.17. The van der Waals surface area contributed by atoms with Crippen molar-refractivity contribution in [2.75, 3.05) is 0 Å². The molecule has 1 heterocycles. The van der Waals surface area contributed by atoms with Crippen LogP contribution in [0.2, 0.25) is 0 Å². The van der Waals surface area contributed by atoms with E-state index in [1.807, 2.05) is 18.2 Å². The molecular weight excluding hydrogens is 274 g/mol. The summed E-state index contributed by atoms with van der Waals surface area (Å²) < 4.78 is 5.49.